The number of benzene rings is 5. The van der Waals surface area contributed by atoms with Crippen LogP contribution in [0.4, 0.5) is 22.7 Å². The van der Waals surface area contributed by atoms with Crippen molar-refractivity contribution in [1.29, 1.82) is 0 Å². The number of aromatic nitrogens is 3. The van der Waals surface area contributed by atoms with Crippen LogP contribution in [-0.2, 0) is 0 Å². The Morgan fingerprint density at radius 1 is 0.585 bits per heavy atom. The van der Waals surface area contributed by atoms with Crippen LogP contribution in [0.1, 0.15) is 0 Å². The van der Waals surface area contributed by atoms with Gasteiger partial charge in [0.25, 0.3) is 0 Å². The first kappa shape index (κ1) is 23.4. The maximum Gasteiger partial charge on any atom is 0.220 e. The van der Waals surface area contributed by atoms with Crippen LogP contribution in [0.2, 0.25) is 0 Å². The van der Waals surface area contributed by atoms with E-state index in [1.54, 1.807) is 0 Å². The van der Waals surface area contributed by atoms with Gasteiger partial charge >= 0.3 is 0 Å². The summed E-state index contributed by atoms with van der Waals surface area (Å²) in [5.41, 5.74) is 9.85. The third-order valence-corrected chi connectivity index (χ3v) is 7.76. The summed E-state index contributed by atoms with van der Waals surface area (Å²) in [6.07, 6.45) is 4.23. The standard InChI is InChI=1S/C35H28N6/c1-37-21-22-38(25-37)27-13-9-14-28(23-27)39(26-11-3-2-4-12-26)29-15-10-16-30(24-29)40-33-19-7-8-20-34(33)41-32-18-6-5-17-31(32)36-35(40)41/h2-24H,25H2,1H3. The number of hydrogen-bond acceptors (Lipinski definition) is 4. The van der Waals surface area contributed by atoms with Gasteiger partial charge in [-0.25, -0.2) is 4.98 Å². The van der Waals surface area contributed by atoms with Gasteiger partial charge in [0.05, 0.1) is 34.4 Å². The molecule has 0 atom stereocenters. The largest absolute Gasteiger partial charge is 0.361 e. The highest BCUT2D eigenvalue weighted by Crippen LogP contribution is 2.38. The Labute approximate surface area is 238 Å². The topological polar surface area (TPSA) is 32.0 Å². The van der Waals surface area contributed by atoms with Crippen molar-refractivity contribution in [3.8, 4) is 5.69 Å². The first-order valence-electron chi connectivity index (χ1n) is 13.8. The first-order chi connectivity index (χ1) is 20.2. The number of fused-ring (bicyclic) bond motifs is 5. The van der Waals surface area contributed by atoms with E-state index in [-0.39, 0.29) is 0 Å². The van der Waals surface area contributed by atoms with Crippen molar-refractivity contribution in [2.45, 2.75) is 0 Å². The summed E-state index contributed by atoms with van der Waals surface area (Å²) in [5.74, 6) is 0.905. The van der Waals surface area contributed by atoms with E-state index < -0.39 is 0 Å². The summed E-state index contributed by atoms with van der Waals surface area (Å²) in [6, 6.07) is 44.9. The molecule has 2 aromatic heterocycles. The number of rotatable bonds is 5. The zero-order valence-electron chi connectivity index (χ0n) is 22.7. The number of imidazole rings is 2. The van der Waals surface area contributed by atoms with E-state index in [1.165, 1.54) is 0 Å². The number of para-hydroxylation sites is 5. The van der Waals surface area contributed by atoms with Gasteiger partial charge in [-0.1, -0.05) is 54.6 Å². The molecule has 0 saturated carbocycles. The lowest BCUT2D eigenvalue weighted by Gasteiger charge is -2.27. The minimum atomic E-state index is 0.833. The van der Waals surface area contributed by atoms with Crippen molar-refractivity contribution in [2.24, 2.45) is 0 Å². The lowest BCUT2D eigenvalue weighted by molar-refractivity contribution is 0.496. The summed E-state index contributed by atoms with van der Waals surface area (Å²) in [5, 5.41) is 0. The molecular formula is C35H28N6. The molecule has 0 fully saturated rings. The molecule has 7 aromatic rings. The van der Waals surface area contributed by atoms with Gasteiger partial charge < -0.3 is 14.7 Å². The molecule has 198 valence electrons. The third kappa shape index (κ3) is 3.84. The quantitative estimate of drug-likeness (QED) is 0.224. The minimum absolute atomic E-state index is 0.833. The number of nitrogens with zero attached hydrogens (tertiary/aromatic N) is 6. The Kier molecular flexibility index (Phi) is 5.32. The van der Waals surface area contributed by atoms with Gasteiger partial charge in [0, 0.05) is 42.2 Å². The molecule has 3 heterocycles. The van der Waals surface area contributed by atoms with Crippen LogP contribution in [-0.4, -0.2) is 32.6 Å². The van der Waals surface area contributed by atoms with Crippen molar-refractivity contribution >= 4 is 50.6 Å². The molecular weight excluding hydrogens is 504 g/mol. The molecule has 0 bridgehead atoms. The molecule has 6 heteroatoms. The van der Waals surface area contributed by atoms with Crippen molar-refractivity contribution in [3.63, 3.8) is 0 Å². The summed E-state index contributed by atoms with van der Waals surface area (Å²) in [7, 11) is 2.09. The van der Waals surface area contributed by atoms with Crippen LogP contribution in [0.5, 0.6) is 0 Å². The summed E-state index contributed by atoms with van der Waals surface area (Å²) in [4.78, 5) is 11.8. The Morgan fingerprint density at radius 3 is 1.98 bits per heavy atom. The van der Waals surface area contributed by atoms with Gasteiger partial charge in [0.2, 0.25) is 5.78 Å². The molecule has 0 unspecified atom stereocenters. The van der Waals surface area contributed by atoms with Gasteiger partial charge in [-0.3, -0.25) is 8.97 Å². The maximum atomic E-state index is 5.08. The molecule has 0 aliphatic carbocycles. The summed E-state index contributed by atoms with van der Waals surface area (Å²) < 4.78 is 4.53. The van der Waals surface area contributed by atoms with Crippen molar-refractivity contribution in [3.05, 3.63) is 140 Å². The highest BCUT2D eigenvalue weighted by Gasteiger charge is 2.19. The van der Waals surface area contributed by atoms with Crippen LogP contribution in [0.15, 0.2) is 140 Å². The van der Waals surface area contributed by atoms with Gasteiger partial charge in [-0.15, -0.1) is 0 Å². The van der Waals surface area contributed by atoms with Gasteiger partial charge in [-0.2, -0.15) is 0 Å². The van der Waals surface area contributed by atoms with E-state index in [0.717, 1.165) is 63.0 Å². The monoisotopic (exact) mass is 532 g/mol. The van der Waals surface area contributed by atoms with Crippen LogP contribution in [0.25, 0.3) is 33.5 Å². The second-order valence-corrected chi connectivity index (χ2v) is 10.4. The fourth-order valence-corrected chi connectivity index (χ4v) is 5.91. The normalized spacial score (nSPS) is 13.2. The van der Waals surface area contributed by atoms with Gasteiger partial charge in [0.1, 0.15) is 0 Å². The fourth-order valence-electron chi connectivity index (χ4n) is 5.91. The van der Waals surface area contributed by atoms with E-state index in [4.69, 9.17) is 4.98 Å². The second kappa shape index (κ2) is 9.31. The van der Waals surface area contributed by atoms with Crippen LogP contribution in [0, 0.1) is 0 Å². The summed E-state index contributed by atoms with van der Waals surface area (Å²) >= 11 is 0. The van der Waals surface area contributed by atoms with Gasteiger partial charge in [0.15, 0.2) is 0 Å². The van der Waals surface area contributed by atoms with Crippen molar-refractivity contribution in [2.75, 3.05) is 23.5 Å². The van der Waals surface area contributed by atoms with Gasteiger partial charge in [-0.05, 0) is 72.8 Å². The SMILES string of the molecule is CN1C=CN(c2cccc(N(c3ccccc3)c3cccc(-n4c5ccccc5n5c6ccccc6nc45)c3)c2)C1. The predicted molar refractivity (Wildman–Crippen MR) is 168 cm³/mol. The molecule has 0 amide bonds. The van der Waals surface area contributed by atoms with Crippen molar-refractivity contribution < 1.29 is 0 Å². The smallest absolute Gasteiger partial charge is 0.220 e. The van der Waals surface area contributed by atoms with E-state index in [1.807, 2.05) is 6.07 Å². The lowest BCUT2D eigenvalue weighted by atomic mass is 10.1. The molecule has 6 nitrogen and oxygen atoms in total. The van der Waals surface area contributed by atoms with E-state index >= 15 is 0 Å². The number of anilines is 4. The average Bonchev–Trinajstić information content (AvgIpc) is 3.71. The average molecular weight is 533 g/mol. The highest BCUT2D eigenvalue weighted by atomic mass is 15.3. The van der Waals surface area contributed by atoms with Crippen LogP contribution in [0.3, 0.4) is 0 Å². The second-order valence-electron chi connectivity index (χ2n) is 10.4. The molecule has 0 saturated heterocycles. The Hall–Kier alpha value is -5.49. The minimum Gasteiger partial charge on any atom is -0.361 e. The predicted octanol–water partition coefficient (Wildman–Crippen LogP) is 8.08. The Balaban J connectivity index is 1.32. The zero-order chi connectivity index (χ0) is 27.3. The Bertz CT molecular complexity index is 2070. The lowest BCUT2D eigenvalue weighted by Crippen LogP contribution is -2.21. The molecule has 5 aromatic carbocycles. The Morgan fingerprint density at radius 2 is 1.22 bits per heavy atom. The molecule has 0 N–H and O–H groups in total. The molecule has 0 spiro atoms. The van der Waals surface area contributed by atoms with E-state index in [0.29, 0.717) is 0 Å². The molecule has 8 rings (SSSR count). The fraction of sp³-hybridized carbons (Fsp3) is 0.0571. The summed E-state index contributed by atoms with van der Waals surface area (Å²) in [6.45, 7) is 0.833. The first-order valence-corrected chi connectivity index (χ1v) is 13.8. The van der Waals surface area contributed by atoms with Crippen molar-refractivity contribution in [1.82, 2.24) is 18.9 Å². The molecule has 1 aliphatic rings. The molecule has 0 radical (unpaired) electrons. The zero-order valence-corrected chi connectivity index (χ0v) is 22.7. The van der Waals surface area contributed by atoms with Crippen LogP contribution < -0.4 is 9.80 Å². The molecule has 1 aliphatic heterocycles. The maximum absolute atomic E-state index is 5.08. The molecule has 41 heavy (non-hydrogen) atoms. The van der Waals surface area contributed by atoms with Crippen LogP contribution >= 0.6 is 0 Å². The number of hydrogen-bond donors (Lipinski definition) is 0. The highest BCUT2D eigenvalue weighted by molar-refractivity contribution is 5.92. The van der Waals surface area contributed by atoms with E-state index in [2.05, 4.69) is 164 Å². The van der Waals surface area contributed by atoms with E-state index in [9.17, 15) is 0 Å². The third-order valence-electron chi connectivity index (χ3n) is 7.76.